The zero-order valence-electron chi connectivity index (χ0n) is 14.8. The second-order valence-electron chi connectivity index (χ2n) is 6.47. The largest absolute Gasteiger partial charge is 0.281 e. The molecule has 0 radical (unpaired) electrons. The fourth-order valence-corrected chi connectivity index (χ4v) is 3.78. The minimum absolute atomic E-state index is 0.0222. The summed E-state index contributed by atoms with van der Waals surface area (Å²) < 4.78 is 3.19. The summed E-state index contributed by atoms with van der Waals surface area (Å²) in [6.45, 7) is 0. The summed E-state index contributed by atoms with van der Waals surface area (Å²) in [5, 5.41) is 20.2. The molecule has 0 bridgehead atoms. The lowest BCUT2D eigenvalue weighted by Gasteiger charge is -2.18. The Morgan fingerprint density at radius 3 is 2.24 bits per heavy atom. The summed E-state index contributed by atoms with van der Waals surface area (Å²) in [5.41, 5.74) is 6.86. The van der Waals surface area contributed by atoms with Gasteiger partial charge in [-0.15, -0.1) is 0 Å². The Balaban J connectivity index is 1.86. The molecule has 144 valence electrons. The quantitative estimate of drug-likeness (QED) is 0.385. The highest BCUT2D eigenvalue weighted by atomic mass is 35.5. The molecule has 5 rings (SSSR count). The monoisotopic (exact) mass is 424 g/mol. The molecule has 0 unspecified atom stereocenters. The summed E-state index contributed by atoms with van der Waals surface area (Å²) in [7, 11) is 0. The second kappa shape index (κ2) is 6.66. The van der Waals surface area contributed by atoms with E-state index < -0.39 is 0 Å². The van der Waals surface area contributed by atoms with Crippen LogP contribution in [0.25, 0.3) is 22.1 Å². The van der Waals surface area contributed by atoms with Crippen molar-refractivity contribution in [1.82, 2.24) is 9.13 Å². The zero-order valence-corrected chi connectivity index (χ0v) is 16.3. The van der Waals surface area contributed by atoms with E-state index in [-0.39, 0.29) is 11.0 Å². The third-order valence-corrected chi connectivity index (χ3v) is 5.55. The van der Waals surface area contributed by atoms with Gasteiger partial charge in [-0.25, -0.2) is 11.0 Å². The Labute approximate surface area is 174 Å². The molecule has 3 aromatic carbocycles. The molecule has 7 nitrogen and oxygen atoms in total. The topological polar surface area (TPSA) is 90.9 Å². The third-order valence-electron chi connectivity index (χ3n) is 4.81. The van der Waals surface area contributed by atoms with Gasteiger partial charge in [-0.1, -0.05) is 59.6 Å². The van der Waals surface area contributed by atoms with Crippen molar-refractivity contribution >= 4 is 45.6 Å². The molecule has 29 heavy (non-hydrogen) atoms. The fourth-order valence-electron chi connectivity index (χ4n) is 3.48. The minimum atomic E-state index is -0.0464. The van der Waals surface area contributed by atoms with E-state index >= 15 is 0 Å². The number of anilines is 2. The summed E-state index contributed by atoms with van der Waals surface area (Å²) in [4.78, 5) is 5.25. The number of rotatable bonds is 2. The van der Waals surface area contributed by atoms with Gasteiger partial charge in [0.25, 0.3) is 0 Å². The number of hydrogen-bond donors (Lipinski definition) is 4. The van der Waals surface area contributed by atoms with Gasteiger partial charge in [0.05, 0.1) is 21.4 Å². The van der Waals surface area contributed by atoms with Crippen molar-refractivity contribution in [2.45, 2.75) is 0 Å². The highest BCUT2D eigenvalue weighted by Crippen LogP contribution is 2.32. The van der Waals surface area contributed by atoms with Crippen molar-refractivity contribution in [3.63, 3.8) is 0 Å². The Morgan fingerprint density at radius 2 is 1.45 bits per heavy atom. The van der Waals surface area contributed by atoms with Gasteiger partial charge >= 0.3 is 0 Å². The summed E-state index contributed by atoms with van der Waals surface area (Å²) in [5.74, 6) is 0.964. The first-order valence-corrected chi connectivity index (χ1v) is 9.44. The highest BCUT2D eigenvalue weighted by Gasteiger charge is 2.24. The number of aromatic nitrogens is 2. The van der Waals surface area contributed by atoms with E-state index in [0.29, 0.717) is 27.4 Å². The van der Waals surface area contributed by atoms with E-state index in [1.165, 1.54) is 0 Å². The molecule has 0 fully saturated rings. The molecular weight excluding hydrogens is 411 g/mol. The van der Waals surface area contributed by atoms with Crippen molar-refractivity contribution in [2.75, 3.05) is 11.0 Å². The van der Waals surface area contributed by atoms with E-state index in [2.05, 4.69) is 11.0 Å². The molecule has 0 spiro atoms. The van der Waals surface area contributed by atoms with Crippen molar-refractivity contribution in [3.8, 4) is 11.4 Å². The van der Waals surface area contributed by atoms with Crippen molar-refractivity contribution in [3.05, 3.63) is 81.7 Å². The molecular formula is C20H14Cl2N6O. The first-order chi connectivity index (χ1) is 14.1. The van der Waals surface area contributed by atoms with Crippen LogP contribution in [0.4, 0.5) is 11.6 Å². The first-order valence-electron chi connectivity index (χ1n) is 8.69. The predicted octanol–water partition coefficient (Wildman–Crippen LogP) is 4.37. The lowest BCUT2D eigenvalue weighted by molar-refractivity contribution is 0.279. The van der Waals surface area contributed by atoms with Gasteiger partial charge in [0.1, 0.15) is 0 Å². The minimum Gasteiger partial charge on any atom is -0.281 e. The van der Waals surface area contributed by atoms with Crippen LogP contribution in [-0.4, -0.2) is 9.13 Å². The molecule has 0 saturated carbocycles. The van der Waals surface area contributed by atoms with E-state index in [1.807, 2.05) is 42.5 Å². The van der Waals surface area contributed by atoms with Crippen LogP contribution >= 0.6 is 23.2 Å². The van der Waals surface area contributed by atoms with Crippen LogP contribution in [0, 0.1) is 10.8 Å². The van der Waals surface area contributed by atoms with Gasteiger partial charge in [-0.2, -0.15) is 4.94 Å². The first kappa shape index (κ1) is 17.8. The Hall–Kier alpha value is -3.26. The van der Waals surface area contributed by atoms with Gasteiger partial charge in [0.15, 0.2) is 22.6 Å². The number of halogens is 2. The van der Waals surface area contributed by atoms with Crippen LogP contribution in [0.5, 0.6) is 0 Å². The van der Waals surface area contributed by atoms with E-state index in [1.54, 1.807) is 27.3 Å². The molecule has 1 aromatic heterocycles. The molecule has 4 N–H and O–H groups in total. The third kappa shape index (κ3) is 2.71. The van der Waals surface area contributed by atoms with E-state index in [9.17, 15) is 0 Å². The summed E-state index contributed by atoms with van der Waals surface area (Å²) in [6.07, 6.45) is 0. The Morgan fingerprint density at radius 1 is 0.759 bits per heavy atom. The van der Waals surface area contributed by atoms with Crippen LogP contribution in [-0.2, 0) is 4.94 Å². The maximum atomic E-state index is 8.73. The van der Waals surface area contributed by atoms with Crippen LogP contribution in [0.15, 0.2) is 60.7 Å². The average Bonchev–Trinajstić information content (AvgIpc) is 3.20. The van der Waals surface area contributed by atoms with Crippen LogP contribution < -0.4 is 21.9 Å². The number of fused-ring (bicyclic) bond motifs is 2. The van der Waals surface area contributed by atoms with Crippen molar-refractivity contribution in [1.29, 1.82) is 10.8 Å². The van der Waals surface area contributed by atoms with E-state index in [0.717, 1.165) is 16.5 Å². The van der Waals surface area contributed by atoms with Crippen LogP contribution in [0.2, 0.25) is 10.0 Å². The standard InChI is InChI=1S/C20H14Cl2N6O/c21-14-9-8-12(10-15(14)22)27-17(23)18(24)28(20-19(27)25-29-26-20)16-7-3-5-11-4-1-2-6-13(11)16/h1-10,23-26H. The molecule has 2 heterocycles. The maximum absolute atomic E-state index is 8.73. The summed E-state index contributed by atoms with van der Waals surface area (Å²) in [6, 6.07) is 18.7. The SMILES string of the molecule is N=c1c(=N)n(-c2cccc3ccccc23)c2c(n1-c1ccc(Cl)c(Cl)c1)NON2. The van der Waals surface area contributed by atoms with Crippen LogP contribution in [0.3, 0.4) is 0 Å². The second-order valence-corrected chi connectivity index (χ2v) is 7.28. The molecule has 0 aliphatic carbocycles. The zero-order chi connectivity index (χ0) is 20.1. The molecule has 1 aliphatic rings. The normalized spacial score (nSPS) is 12.5. The predicted molar refractivity (Wildman–Crippen MR) is 113 cm³/mol. The van der Waals surface area contributed by atoms with Crippen molar-refractivity contribution < 1.29 is 4.94 Å². The van der Waals surface area contributed by atoms with E-state index in [4.69, 9.17) is 39.0 Å². The van der Waals surface area contributed by atoms with Gasteiger partial charge in [0.2, 0.25) is 0 Å². The van der Waals surface area contributed by atoms with Gasteiger partial charge in [-0.3, -0.25) is 20.0 Å². The molecule has 0 atom stereocenters. The molecule has 0 amide bonds. The van der Waals surface area contributed by atoms with Crippen LogP contribution in [0.1, 0.15) is 0 Å². The summed E-state index contributed by atoms with van der Waals surface area (Å²) >= 11 is 12.2. The molecule has 0 saturated heterocycles. The smallest absolute Gasteiger partial charge is 0.182 e. The van der Waals surface area contributed by atoms with Gasteiger partial charge < -0.3 is 0 Å². The molecule has 1 aliphatic heterocycles. The van der Waals surface area contributed by atoms with Gasteiger partial charge in [0, 0.05) is 5.39 Å². The Kier molecular flexibility index (Phi) is 4.09. The number of benzene rings is 3. The van der Waals surface area contributed by atoms with Crippen molar-refractivity contribution in [2.24, 2.45) is 0 Å². The lowest BCUT2D eigenvalue weighted by Crippen LogP contribution is -2.41. The van der Waals surface area contributed by atoms with Gasteiger partial charge in [-0.05, 0) is 29.7 Å². The number of hydrogen-bond acceptors (Lipinski definition) is 5. The number of nitrogens with one attached hydrogen (secondary N) is 4. The fraction of sp³-hybridized carbons (Fsp3) is 0. The molecule has 9 heteroatoms. The highest BCUT2D eigenvalue weighted by molar-refractivity contribution is 6.42. The Bertz CT molecular complexity index is 1400. The number of nitrogens with zero attached hydrogens (tertiary/aromatic N) is 2. The average molecular weight is 425 g/mol. The maximum Gasteiger partial charge on any atom is 0.182 e. The molecule has 4 aromatic rings. The lowest BCUT2D eigenvalue weighted by atomic mass is 10.1.